The highest BCUT2D eigenvalue weighted by Gasteiger charge is 2.60. The lowest BCUT2D eigenvalue weighted by Gasteiger charge is -2.19. The van der Waals surface area contributed by atoms with Gasteiger partial charge in [0.05, 0.1) is 11.8 Å². The Morgan fingerprint density at radius 1 is 1.12 bits per heavy atom. The molecule has 0 spiro atoms. The first-order valence-electron chi connectivity index (χ1n) is 9.18. The van der Waals surface area contributed by atoms with E-state index in [1.165, 1.54) is 4.90 Å². The summed E-state index contributed by atoms with van der Waals surface area (Å²) >= 11 is 0. The summed E-state index contributed by atoms with van der Waals surface area (Å²) < 4.78 is 0. The number of aryl methyl sites for hydroxylation is 1. The Balaban J connectivity index is 1.38. The Kier molecular flexibility index (Phi) is 3.89. The van der Waals surface area contributed by atoms with Gasteiger partial charge in [0, 0.05) is 18.7 Å². The zero-order chi connectivity index (χ0) is 17.7. The summed E-state index contributed by atoms with van der Waals surface area (Å²) in [7, 11) is 0. The van der Waals surface area contributed by atoms with E-state index in [-0.39, 0.29) is 42.5 Å². The van der Waals surface area contributed by atoms with Crippen LogP contribution in [0.25, 0.3) is 0 Å². The molecule has 132 valence electrons. The standard InChI is InChI=1S/C20H24N2O3/c1-11-4-3-5-15(12(11)2)21-16(23)8-9-22-19(24)17-13-6-7-14(10-13)18(17)20(22)25/h3-5,13-14,17-18H,6-10H2,1-2H3,(H,21,23)/t13-,14-,17-,18+/m0/s1. The summed E-state index contributed by atoms with van der Waals surface area (Å²) in [6, 6.07) is 5.77. The lowest BCUT2D eigenvalue weighted by molar-refractivity contribution is -0.140. The number of hydrogen-bond acceptors (Lipinski definition) is 3. The number of imide groups is 1. The molecule has 1 aromatic rings. The van der Waals surface area contributed by atoms with E-state index < -0.39 is 0 Å². The first kappa shape index (κ1) is 16.3. The molecule has 3 amide bonds. The smallest absolute Gasteiger partial charge is 0.233 e. The maximum absolute atomic E-state index is 12.6. The monoisotopic (exact) mass is 340 g/mol. The molecular formula is C20H24N2O3. The Hall–Kier alpha value is -2.17. The van der Waals surface area contributed by atoms with Gasteiger partial charge in [0.25, 0.3) is 0 Å². The quantitative estimate of drug-likeness (QED) is 0.857. The van der Waals surface area contributed by atoms with Crippen molar-refractivity contribution in [2.75, 3.05) is 11.9 Å². The van der Waals surface area contributed by atoms with Crippen molar-refractivity contribution >= 4 is 23.4 Å². The highest BCUT2D eigenvalue weighted by Crippen LogP contribution is 2.56. The molecule has 1 heterocycles. The minimum Gasteiger partial charge on any atom is -0.326 e. The topological polar surface area (TPSA) is 66.5 Å². The van der Waals surface area contributed by atoms with Crippen molar-refractivity contribution in [1.82, 2.24) is 4.90 Å². The zero-order valence-electron chi connectivity index (χ0n) is 14.7. The molecular weight excluding hydrogens is 316 g/mol. The highest BCUT2D eigenvalue weighted by molar-refractivity contribution is 6.06. The first-order chi connectivity index (χ1) is 12.0. The number of nitrogens with zero attached hydrogens (tertiary/aromatic N) is 1. The van der Waals surface area contributed by atoms with Crippen molar-refractivity contribution in [1.29, 1.82) is 0 Å². The molecule has 2 bridgehead atoms. The van der Waals surface area contributed by atoms with Crippen LogP contribution in [0.2, 0.25) is 0 Å². The molecule has 5 heteroatoms. The number of carbonyl (C=O) groups is 3. The lowest BCUT2D eigenvalue weighted by atomic mass is 9.81. The summed E-state index contributed by atoms with van der Waals surface area (Å²) in [6.45, 7) is 4.16. The molecule has 3 fully saturated rings. The summed E-state index contributed by atoms with van der Waals surface area (Å²) in [6.07, 6.45) is 3.34. The van der Waals surface area contributed by atoms with Crippen LogP contribution in [-0.4, -0.2) is 29.2 Å². The SMILES string of the molecule is Cc1cccc(NC(=O)CCN2C(=O)[C@@H]3[C@H]4CC[C@@H](C4)[C@@H]3C2=O)c1C. The van der Waals surface area contributed by atoms with Gasteiger partial charge in [-0.05, 0) is 62.1 Å². The van der Waals surface area contributed by atoms with E-state index in [0.717, 1.165) is 36.1 Å². The van der Waals surface area contributed by atoms with E-state index in [2.05, 4.69) is 5.32 Å². The van der Waals surface area contributed by atoms with Crippen LogP contribution in [0.1, 0.15) is 36.8 Å². The Morgan fingerprint density at radius 2 is 1.76 bits per heavy atom. The van der Waals surface area contributed by atoms with E-state index in [9.17, 15) is 14.4 Å². The summed E-state index contributed by atoms with van der Waals surface area (Å²) in [4.78, 5) is 38.9. The molecule has 4 atom stereocenters. The third-order valence-corrected chi connectivity index (χ3v) is 6.46. The third-order valence-electron chi connectivity index (χ3n) is 6.46. The summed E-state index contributed by atoms with van der Waals surface area (Å²) in [5, 5.41) is 2.90. The van der Waals surface area contributed by atoms with Crippen LogP contribution in [-0.2, 0) is 14.4 Å². The van der Waals surface area contributed by atoms with Crippen molar-refractivity contribution in [3.8, 4) is 0 Å². The fourth-order valence-electron chi connectivity index (χ4n) is 5.00. The van der Waals surface area contributed by atoms with Gasteiger partial charge in [0.1, 0.15) is 0 Å². The Morgan fingerprint density at radius 3 is 2.40 bits per heavy atom. The fourth-order valence-corrected chi connectivity index (χ4v) is 5.00. The molecule has 5 nitrogen and oxygen atoms in total. The maximum Gasteiger partial charge on any atom is 0.233 e. The van der Waals surface area contributed by atoms with Crippen molar-refractivity contribution in [3.05, 3.63) is 29.3 Å². The fraction of sp³-hybridized carbons (Fsp3) is 0.550. The third kappa shape index (κ3) is 2.57. The summed E-state index contributed by atoms with van der Waals surface area (Å²) in [5.41, 5.74) is 2.94. The molecule has 25 heavy (non-hydrogen) atoms. The van der Waals surface area contributed by atoms with Crippen LogP contribution >= 0.6 is 0 Å². The second kappa shape index (κ2) is 5.97. The van der Waals surface area contributed by atoms with Gasteiger partial charge in [-0.3, -0.25) is 19.3 Å². The Bertz CT molecular complexity index is 729. The number of hydrogen-bond donors (Lipinski definition) is 1. The van der Waals surface area contributed by atoms with E-state index in [1.807, 2.05) is 32.0 Å². The average Bonchev–Trinajstić information content (AvgIpc) is 3.25. The average molecular weight is 340 g/mol. The van der Waals surface area contributed by atoms with Crippen molar-refractivity contribution in [3.63, 3.8) is 0 Å². The zero-order valence-corrected chi connectivity index (χ0v) is 14.7. The van der Waals surface area contributed by atoms with Crippen molar-refractivity contribution < 1.29 is 14.4 Å². The number of carbonyl (C=O) groups excluding carboxylic acids is 3. The molecule has 1 aliphatic heterocycles. The number of likely N-dealkylation sites (tertiary alicyclic amines) is 1. The normalized spacial score (nSPS) is 30.1. The van der Waals surface area contributed by atoms with Gasteiger partial charge in [-0.2, -0.15) is 0 Å². The molecule has 0 aromatic heterocycles. The molecule has 0 unspecified atom stereocenters. The van der Waals surface area contributed by atoms with Crippen molar-refractivity contribution in [2.45, 2.75) is 39.5 Å². The highest BCUT2D eigenvalue weighted by atomic mass is 16.2. The molecule has 2 saturated carbocycles. The summed E-state index contributed by atoms with van der Waals surface area (Å²) in [5.74, 6) is 0.333. The lowest BCUT2D eigenvalue weighted by Crippen LogP contribution is -2.35. The van der Waals surface area contributed by atoms with Gasteiger partial charge >= 0.3 is 0 Å². The second-order valence-corrected chi connectivity index (χ2v) is 7.76. The van der Waals surface area contributed by atoms with Gasteiger partial charge in [0.2, 0.25) is 17.7 Å². The van der Waals surface area contributed by atoms with Crippen LogP contribution in [0.5, 0.6) is 0 Å². The largest absolute Gasteiger partial charge is 0.326 e. The molecule has 1 N–H and O–H groups in total. The van der Waals surface area contributed by atoms with E-state index in [4.69, 9.17) is 0 Å². The predicted molar refractivity (Wildman–Crippen MR) is 93.7 cm³/mol. The Labute approximate surface area is 147 Å². The van der Waals surface area contributed by atoms with Crippen LogP contribution in [0.15, 0.2) is 18.2 Å². The molecule has 1 saturated heterocycles. The van der Waals surface area contributed by atoms with E-state index in [0.29, 0.717) is 11.8 Å². The van der Waals surface area contributed by atoms with E-state index >= 15 is 0 Å². The number of fused-ring (bicyclic) bond motifs is 5. The van der Waals surface area contributed by atoms with Gasteiger partial charge in [-0.15, -0.1) is 0 Å². The molecule has 4 rings (SSSR count). The number of rotatable bonds is 4. The molecule has 0 radical (unpaired) electrons. The molecule has 2 aliphatic carbocycles. The number of anilines is 1. The van der Waals surface area contributed by atoms with Crippen LogP contribution in [0, 0.1) is 37.5 Å². The van der Waals surface area contributed by atoms with Gasteiger partial charge < -0.3 is 5.32 Å². The number of amides is 3. The van der Waals surface area contributed by atoms with Crippen molar-refractivity contribution in [2.24, 2.45) is 23.7 Å². The predicted octanol–water partition coefficient (Wildman–Crippen LogP) is 2.66. The molecule has 3 aliphatic rings. The number of nitrogens with one attached hydrogen (secondary N) is 1. The number of benzene rings is 1. The van der Waals surface area contributed by atoms with Gasteiger partial charge in [-0.1, -0.05) is 12.1 Å². The van der Waals surface area contributed by atoms with Crippen LogP contribution < -0.4 is 5.32 Å². The maximum atomic E-state index is 12.6. The van der Waals surface area contributed by atoms with E-state index in [1.54, 1.807) is 0 Å². The molecule has 1 aromatic carbocycles. The van der Waals surface area contributed by atoms with Gasteiger partial charge in [0.15, 0.2) is 0 Å². The second-order valence-electron chi connectivity index (χ2n) is 7.76. The van der Waals surface area contributed by atoms with Crippen LogP contribution in [0.3, 0.4) is 0 Å². The van der Waals surface area contributed by atoms with Gasteiger partial charge in [-0.25, -0.2) is 0 Å². The minimum atomic E-state index is -0.158. The first-order valence-corrected chi connectivity index (χ1v) is 9.18. The van der Waals surface area contributed by atoms with Crippen LogP contribution in [0.4, 0.5) is 5.69 Å². The minimum absolute atomic E-state index is 0.0401.